The van der Waals surface area contributed by atoms with Gasteiger partial charge in [-0.05, 0) is 31.2 Å². The summed E-state index contributed by atoms with van der Waals surface area (Å²) in [6.07, 6.45) is -0.492. The first-order valence-electron chi connectivity index (χ1n) is 5.48. The summed E-state index contributed by atoms with van der Waals surface area (Å²) in [6, 6.07) is 6.29. The number of phenolic OH excluding ortho intramolecular Hbond substituents is 1. The van der Waals surface area contributed by atoms with Crippen LogP contribution in [-0.4, -0.2) is 36.4 Å². The molecule has 0 aromatic heterocycles. The van der Waals surface area contributed by atoms with Crippen molar-refractivity contribution in [2.24, 2.45) is 0 Å². The van der Waals surface area contributed by atoms with Crippen LogP contribution in [0.1, 0.15) is 6.92 Å². The zero-order valence-electron chi connectivity index (χ0n) is 9.55. The van der Waals surface area contributed by atoms with E-state index < -0.39 is 6.10 Å². The third-order valence-corrected chi connectivity index (χ3v) is 2.51. The Labute approximate surface area is 99.3 Å². The number of hydrogen-bond acceptors (Lipinski definition) is 4. The second kappa shape index (κ2) is 5.16. The molecule has 0 saturated carbocycles. The van der Waals surface area contributed by atoms with Crippen molar-refractivity contribution in [3.05, 3.63) is 24.3 Å². The van der Waals surface area contributed by atoms with Gasteiger partial charge in [-0.3, -0.25) is 4.79 Å². The molecule has 2 N–H and O–H groups in total. The van der Waals surface area contributed by atoms with Crippen LogP contribution in [0, 0.1) is 0 Å². The molecule has 1 aliphatic heterocycles. The van der Waals surface area contributed by atoms with Gasteiger partial charge in [-0.25, -0.2) is 0 Å². The summed E-state index contributed by atoms with van der Waals surface area (Å²) in [5, 5.41) is 11.8. The van der Waals surface area contributed by atoms with Crippen LogP contribution in [0.4, 0.5) is 5.69 Å². The van der Waals surface area contributed by atoms with Gasteiger partial charge in [0.05, 0.1) is 13.2 Å². The minimum absolute atomic E-state index is 0.0237. The van der Waals surface area contributed by atoms with Gasteiger partial charge in [0.1, 0.15) is 18.0 Å². The minimum atomic E-state index is -0.516. The summed E-state index contributed by atoms with van der Waals surface area (Å²) in [4.78, 5) is 11.7. The van der Waals surface area contributed by atoms with Crippen molar-refractivity contribution < 1.29 is 19.4 Å². The number of benzene rings is 1. The SMILES string of the molecule is CC(OC1COC1)C(=O)Nc1ccc(O)cc1. The van der Waals surface area contributed by atoms with Crippen molar-refractivity contribution in [2.45, 2.75) is 19.1 Å². The van der Waals surface area contributed by atoms with Gasteiger partial charge >= 0.3 is 0 Å². The quantitative estimate of drug-likeness (QED) is 0.770. The lowest BCUT2D eigenvalue weighted by atomic mass is 10.2. The predicted molar refractivity (Wildman–Crippen MR) is 61.9 cm³/mol. The van der Waals surface area contributed by atoms with Crippen LogP contribution in [0.5, 0.6) is 5.75 Å². The molecule has 1 heterocycles. The van der Waals surface area contributed by atoms with Gasteiger partial charge in [0, 0.05) is 5.69 Å². The molecular formula is C12H15NO4. The van der Waals surface area contributed by atoms with E-state index >= 15 is 0 Å². The molecule has 1 unspecified atom stereocenters. The van der Waals surface area contributed by atoms with E-state index in [1.807, 2.05) is 0 Å². The number of rotatable bonds is 4. The van der Waals surface area contributed by atoms with Gasteiger partial charge in [-0.2, -0.15) is 0 Å². The van der Waals surface area contributed by atoms with E-state index in [1.165, 1.54) is 12.1 Å². The van der Waals surface area contributed by atoms with Crippen molar-refractivity contribution in [2.75, 3.05) is 18.5 Å². The van der Waals surface area contributed by atoms with Crippen molar-refractivity contribution in [3.8, 4) is 5.75 Å². The molecule has 1 aromatic carbocycles. The number of carbonyl (C=O) groups is 1. The Morgan fingerprint density at radius 3 is 2.65 bits per heavy atom. The summed E-state index contributed by atoms with van der Waals surface area (Å²) in [5.74, 6) is -0.0403. The van der Waals surface area contributed by atoms with E-state index in [1.54, 1.807) is 19.1 Å². The summed E-state index contributed by atoms with van der Waals surface area (Å²) in [6.45, 7) is 2.81. The predicted octanol–water partition coefficient (Wildman–Crippen LogP) is 1.13. The molecule has 5 nitrogen and oxygen atoms in total. The van der Waals surface area contributed by atoms with Crippen LogP contribution in [0.2, 0.25) is 0 Å². The number of hydrogen-bond donors (Lipinski definition) is 2. The molecule has 0 aliphatic carbocycles. The number of phenols is 1. The lowest BCUT2D eigenvalue weighted by molar-refractivity contribution is -0.161. The van der Waals surface area contributed by atoms with Gasteiger partial charge in [-0.15, -0.1) is 0 Å². The Morgan fingerprint density at radius 1 is 1.47 bits per heavy atom. The number of aromatic hydroxyl groups is 1. The maximum atomic E-state index is 11.7. The maximum absolute atomic E-state index is 11.7. The zero-order chi connectivity index (χ0) is 12.3. The van der Waals surface area contributed by atoms with Crippen molar-refractivity contribution in [1.82, 2.24) is 0 Å². The third-order valence-electron chi connectivity index (χ3n) is 2.51. The van der Waals surface area contributed by atoms with Crippen LogP contribution < -0.4 is 5.32 Å². The molecule has 0 radical (unpaired) electrons. The average Bonchev–Trinajstić information content (AvgIpc) is 2.26. The molecule has 1 saturated heterocycles. The first-order valence-corrected chi connectivity index (χ1v) is 5.48. The molecule has 0 bridgehead atoms. The third kappa shape index (κ3) is 3.18. The molecule has 1 aromatic rings. The highest BCUT2D eigenvalue weighted by atomic mass is 16.6. The largest absolute Gasteiger partial charge is 0.508 e. The first kappa shape index (κ1) is 11.9. The zero-order valence-corrected chi connectivity index (χ0v) is 9.55. The molecule has 2 rings (SSSR count). The van der Waals surface area contributed by atoms with E-state index in [2.05, 4.69) is 5.32 Å². The fraction of sp³-hybridized carbons (Fsp3) is 0.417. The Morgan fingerprint density at radius 2 is 2.12 bits per heavy atom. The minimum Gasteiger partial charge on any atom is -0.508 e. The number of nitrogens with one attached hydrogen (secondary N) is 1. The normalized spacial score (nSPS) is 17.2. The van der Waals surface area contributed by atoms with E-state index in [0.717, 1.165) is 0 Å². The highest BCUT2D eigenvalue weighted by Gasteiger charge is 2.24. The first-order chi connectivity index (χ1) is 8.15. The van der Waals surface area contributed by atoms with Gasteiger partial charge in [0.25, 0.3) is 5.91 Å². The smallest absolute Gasteiger partial charge is 0.253 e. The van der Waals surface area contributed by atoms with E-state index in [0.29, 0.717) is 18.9 Å². The van der Waals surface area contributed by atoms with Crippen LogP contribution in [0.3, 0.4) is 0 Å². The summed E-state index contributed by atoms with van der Waals surface area (Å²) < 4.78 is 10.4. The van der Waals surface area contributed by atoms with Gasteiger partial charge in [0.2, 0.25) is 0 Å². The summed E-state index contributed by atoms with van der Waals surface area (Å²) in [5.41, 5.74) is 0.633. The van der Waals surface area contributed by atoms with Crippen LogP contribution in [0.15, 0.2) is 24.3 Å². The van der Waals surface area contributed by atoms with Crippen LogP contribution in [-0.2, 0) is 14.3 Å². The van der Waals surface area contributed by atoms with Crippen molar-refractivity contribution >= 4 is 11.6 Å². The number of carbonyl (C=O) groups excluding carboxylic acids is 1. The van der Waals surface area contributed by atoms with Gasteiger partial charge in [0.15, 0.2) is 0 Å². The molecule has 1 fully saturated rings. The van der Waals surface area contributed by atoms with E-state index in [-0.39, 0.29) is 17.8 Å². The number of amides is 1. The van der Waals surface area contributed by atoms with E-state index in [9.17, 15) is 4.79 Å². The summed E-state index contributed by atoms with van der Waals surface area (Å²) >= 11 is 0. The second-order valence-corrected chi connectivity index (χ2v) is 3.97. The van der Waals surface area contributed by atoms with Crippen molar-refractivity contribution in [3.63, 3.8) is 0 Å². The van der Waals surface area contributed by atoms with Gasteiger partial charge in [-0.1, -0.05) is 0 Å². The maximum Gasteiger partial charge on any atom is 0.253 e. The monoisotopic (exact) mass is 237 g/mol. The molecule has 0 spiro atoms. The Balaban J connectivity index is 1.84. The topological polar surface area (TPSA) is 67.8 Å². The Kier molecular flexibility index (Phi) is 3.61. The number of anilines is 1. The number of ether oxygens (including phenoxy) is 2. The van der Waals surface area contributed by atoms with Crippen LogP contribution in [0.25, 0.3) is 0 Å². The molecular weight excluding hydrogens is 222 g/mol. The average molecular weight is 237 g/mol. The molecule has 17 heavy (non-hydrogen) atoms. The Bertz CT molecular complexity index is 386. The lowest BCUT2D eigenvalue weighted by Crippen LogP contribution is -2.41. The van der Waals surface area contributed by atoms with Gasteiger partial charge < -0.3 is 19.9 Å². The van der Waals surface area contributed by atoms with Crippen LogP contribution >= 0.6 is 0 Å². The van der Waals surface area contributed by atoms with E-state index in [4.69, 9.17) is 14.6 Å². The molecule has 1 atom stereocenters. The summed E-state index contributed by atoms with van der Waals surface area (Å²) in [7, 11) is 0. The standard InChI is InChI=1S/C12H15NO4/c1-8(17-11-6-16-7-11)12(15)13-9-2-4-10(14)5-3-9/h2-5,8,11,14H,6-7H2,1H3,(H,13,15). The highest BCUT2D eigenvalue weighted by Crippen LogP contribution is 2.15. The van der Waals surface area contributed by atoms with Crippen molar-refractivity contribution in [1.29, 1.82) is 0 Å². The Hall–Kier alpha value is -1.59. The molecule has 92 valence electrons. The fourth-order valence-corrected chi connectivity index (χ4v) is 1.43. The second-order valence-electron chi connectivity index (χ2n) is 3.97. The lowest BCUT2D eigenvalue weighted by Gasteiger charge is -2.28. The molecule has 1 aliphatic rings. The fourth-order valence-electron chi connectivity index (χ4n) is 1.43. The molecule has 1 amide bonds. The molecule has 5 heteroatoms. The highest BCUT2D eigenvalue weighted by molar-refractivity contribution is 5.93.